The average molecular weight is 480 g/mol. The molecule has 1 aliphatic rings. The van der Waals surface area contributed by atoms with E-state index < -0.39 is 0 Å². The van der Waals surface area contributed by atoms with E-state index >= 15 is 0 Å². The van der Waals surface area contributed by atoms with Gasteiger partial charge in [0.2, 0.25) is 18.6 Å². The van der Waals surface area contributed by atoms with Crippen molar-refractivity contribution < 1.29 is 18.7 Å². The molecule has 1 aromatic heterocycles. The molecular weight excluding hydrogens is 462 g/mol. The zero-order valence-electron chi connectivity index (χ0n) is 17.2. The van der Waals surface area contributed by atoms with Crippen molar-refractivity contribution in [3.63, 3.8) is 0 Å². The summed E-state index contributed by atoms with van der Waals surface area (Å²) in [6.45, 7) is 0.193. The molecule has 1 N–H and O–H groups in total. The molecule has 2 heterocycles. The first-order valence-corrected chi connectivity index (χ1v) is 11.5. The Hall–Kier alpha value is -3.49. The molecule has 0 fully saturated rings. The van der Waals surface area contributed by atoms with Gasteiger partial charge in [0.25, 0.3) is 5.22 Å². The summed E-state index contributed by atoms with van der Waals surface area (Å²) in [6.07, 6.45) is 0. The zero-order valence-corrected chi connectivity index (χ0v) is 18.8. The molecule has 0 spiro atoms. The highest BCUT2D eigenvalue weighted by Gasteiger charge is 2.19. The first-order chi connectivity index (χ1) is 16.2. The van der Waals surface area contributed by atoms with E-state index in [1.165, 1.54) is 11.8 Å². The monoisotopic (exact) mass is 479 g/mol. The Morgan fingerprint density at radius 1 is 0.970 bits per heavy atom. The molecule has 9 heteroatoms. The van der Waals surface area contributed by atoms with Crippen molar-refractivity contribution in [2.75, 3.05) is 12.5 Å². The second kappa shape index (κ2) is 9.56. The number of nitrogens with zero attached hydrogens (tertiary/aromatic N) is 2. The van der Waals surface area contributed by atoms with Crippen LogP contribution < -0.4 is 14.8 Å². The second-order valence-corrected chi connectivity index (χ2v) is 8.56. The summed E-state index contributed by atoms with van der Waals surface area (Å²) in [5.41, 5.74) is 2.63. The summed E-state index contributed by atoms with van der Waals surface area (Å²) in [6, 6.07) is 22.3. The number of nitrogens with one attached hydrogen (secondary N) is 1. The molecular formula is C24H18ClN3O4S. The van der Waals surface area contributed by atoms with Gasteiger partial charge in [0.05, 0.1) is 11.8 Å². The molecule has 0 saturated heterocycles. The maximum atomic E-state index is 12.8. The van der Waals surface area contributed by atoms with Gasteiger partial charge in [-0.15, -0.1) is 10.2 Å². The van der Waals surface area contributed by atoms with Crippen LogP contribution in [-0.4, -0.2) is 28.7 Å². The van der Waals surface area contributed by atoms with Crippen LogP contribution in [0.4, 0.5) is 0 Å². The molecule has 4 aromatic rings. The number of benzene rings is 3. The maximum absolute atomic E-state index is 12.8. The van der Waals surface area contributed by atoms with Gasteiger partial charge in [-0.05, 0) is 41.5 Å². The summed E-state index contributed by atoms with van der Waals surface area (Å²) in [5, 5.41) is 12.1. The number of rotatable bonds is 7. The van der Waals surface area contributed by atoms with Crippen molar-refractivity contribution in [1.29, 1.82) is 0 Å². The smallest absolute Gasteiger partial charge is 0.277 e. The minimum Gasteiger partial charge on any atom is -0.454 e. The molecule has 0 radical (unpaired) electrons. The number of fused-ring (bicyclic) bond motifs is 1. The fourth-order valence-corrected chi connectivity index (χ4v) is 4.10. The fraction of sp³-hybridized carbons (Fsp3) is 0.125. The normalized spacial score (nSPS) is 13.0. The van der Waals surface area contributed by atoms with E-state index in [2.05, 4.69) is 15.5 Å². The van der Waals surface area contributed by atoms with E-state index in [1.807, 2.05) is 60.7 Å². The quantitative estimate of drug-likeness (QED) is 0.368. The zero-order chi connectivity index (χ0) is 22.6. The minimum absolute atomic E-state index is 0.125. The van der Waals surface area contributed by atoms with Gasteiger partial charge in [-0.1, -0.05) is 65.8 Å². The first-order valence-electron chi connectivity index (χ1n) is 10.1. The lowest BCUT2D eigenvalue weighted by Gasteiger charge is -2.19. The summed E-state index contributed by atoms with van der Waals surface area (Å²) in [5.74, 6) is 1.62. The molecule has 0 bridgehead atoms. The van der Waals surface area contributed by atoms with Crippen molar-refractivity contribution >= 4 is 29.3 Å². The summed E-state index contributed by atoms with van der Waals surface area (Å²) in [7, 11) is 0. The highest BCUT2D eigenvalue weighted by molar-refractivity contribution is 7.99. The number of amides is 1. The van der Waals surface area contributed by atoms with E-state index in [4.69, 9.17) is 25.5 Å². The van der Waals surface area contributed by atoms with Crippen LogP contribution in [0.15, 0.2) is 82.4 Å². The molecule has 1 amide bonds. The van der Waals surface area contributed by atoms with E-state index in [1.54, 1.807) is 12.1 Å². The van der Waals surface area contributed by atoms with Gasteiger partial charge in [0.1, 0.15) is 0 Å². The molecule has 166 valence electrons. The highest BCUT2D eigenvalue weighted by Crippen LogP contribution is 2.36. The second-order valence-electron chi connectivity index (χ2n) is 7.19. The van der Waals surface area contributed by atoms with Crippen LogP contribution in [-0.2, 0) is 4.79 Å². The molecule has 0 saturated carbocycles. The van der Waals surface area contributed by atoms with Crippen LogP contribution in [0.25, 0.3) is 11.5 Å². The minimum atomic E-state index is -0.302. The number of aromatic nitrogens is 2. The van der Waals surface area contributed by atoms with Gasteiger partial charge in [-0.3, -0.25) is 4.79 Å². The molecule has 1 unspecified atom stereocenters. The van der Waals surface area contributed by atoms with E-state index in [-0.39, 0.29) is 24.5 Å². The van der Waals surface area contributed by atoms with E-state index in [0.29, 0.717) is 27.6 Å². The van der Waals surface area contributed by atoms with Gasteiger partial charge in [0.15, 0.2) is 11.5 Å². The third-order valence-corrected chi connectivity index (χ3v) is 6.06. The first kappa shape index (κ1) is 21.4. The number of carbonyl (C=O) groups excluding carboxylic acids is 1. The number of ether oxygens (including phenoxy) is 2. The highest BCUT2D eigenvalue weighted by atomic mass is 35.5. The number of hydrogen-bond acceptors (Lipinski definition) is 7. The van der Waals surface area contributed by atoms with E-state index in [9.17, 15) is 4.79 Å². The Morgan fingerprint density at radius 2 is 1.73 bits per heavy atom. The summed E-state index contributed by atoms with van der Waals surface area (Å²) < 4.78 is 16.4. The predicted molar refractivity (Wildman–Crippen MR) is 124 cm³/mol. The Balaban J connectivity index is 1.25. The number of hydrogen-bond donors (Lipinski definition) is 1. The Morgan fingerprint density at radius 3 is 2.55 bits per heavy atom. The van der Waals surface area contributed by atoms with Crippen LogP contribution in [0.3, 0.4) is 0 Å². The third kappa shape index (κ3) is 4.97. The van der Waals surface area contributed by atoms with E-state index in [0.717, 1.165) is 16.7 Å². The SMILES string of the molecule is O=C(CSc1nnc(-c2ccc3c(c2)OCO3)o1)NC(c1ccccc1)c1ccc(Cl)cc1. The maximum Gasteiger partial charge on any atom is 0.277 e. The van der Waals surface area contributed by atoms with Gasteiger partial charge in [0, 0.05) is 10.6 Å². The molecule has 33 heavy (non-hydrogen) atoms. The summed E-state index contributed by atoms with van der Waals surface area (Å²) in [4.78, 5) is 12.8. The van der Waals surface area contributed by atoms with Gasteiger partial charge in [-0.2, -0.15) is 0 Å². The Kier molecular flexibility index (Phi) is 6.19. The van der Waals surface area contributed by atoms with Gasteiger partial charge < -0.3 is 19.2 Å². The van der Waals surface area contributed by atoms with Crippen LogP contribution in [0.1, 0.15) is 17.2 Å². The Bertz CT molecular complexity index is 1260. The lowest BCUT2D eigenvalue weighted by molar-refractivity contribution is -0.119. The Labute approximate surface area is 199 Å². The van der Waals surface area contributed by atoms with Crippen molar-refractivity contribution in [1.82, 2.24) is 15.5 Å². The van der Waals surface area contributed by atoms with Crippen LogP contribution in [0, 0.1) is 0 Å². The molecule has 7 nitrogen and oxygen atoms in total. The lowest BCUT2D eigenvalue weighted by Crippen LogP contribution is -2.30. The van der Waals surface area contributed by atoms with Crippen LogP contribution in [0.5, 0.6) is 11.5 Å². The van der Waals surface area contributed by atoms with Crippen molar-refractivity contribution in [2.24, 2.45) is 0 Å². The van der Waals surface area contributed by atoms with Crippen molar-refractivity contribution in [3.8, 4) is 23.0 Å². The molecule has 3 aromatic carbocycles. The van der Waals surface area contributed by atoms with Gasteiger partial charge in [-0.25, -0.2) is 0 Å². The largest absolute Gasteiger partial charge is 0.454 e. The van der Waals surface area contributed by atoms with Crippen molar-refractivity contribution in [2.45, 2.75) is 11.3 Å². The summed E-state index contributed by atoms with van der Waals surface area (Å²) >= 11 is 7.21. The van der Waals surface area contributed by atoms with Crippen molar-refractivity contribution in [3.05, 3.63) is 88.9 Å². The number of halogens is 1. The average Bonchev–Trinajstić information content (AvgIpc) is 3.51. The number of thioether (sulfide) groups is 1. The topological polar surface area (TPSA) is 86.5 Å². The number of carbonyl (C=O) groups is 1. The predicted octanol–water partition coefficient (Wildman–Crippen LogP) is 5.12. The van der Waals surface area contributed by atoms with Gasteiger partial charge >= 0.3 is 0 Å². The molecule has 1 aliphatic heterocycles. The molecule has 0 aliphatic carbocycles. The van der Waals surface area contributed by atoms with Crippen LogP contribution in [0.2, 0.25) is 5.02 Å². The standard InChI is InChI=1S/C24H18ClN3O4S/c25-18-9-6-16(7-10-18)22(15-4-2-1-3-5-15)26-21(29)13-33-24-28-27-23(32-24)17-8-11-19-20(12-17)31-14-30-19/h1-12,22H,13-14H2,(H,26,29). The van der Waals surface area contributed by atoms with Crippen LogP contribution >= 0.6 is 23.4 Å². The fourth-order valence-electron chi connectivity index (χ4n) is 3.40. The lowest BCUT2D eigenvalue weighted by atomic mass is 9.99. The molecule has 5 rings (SSSR count). The third-order valence-electron chi connectivity index (χ3n) is 4.99. The molecule has 1 atom stereocenters.